The van der Waals surface area contributed by atoms with Gasteiger partial charge in [0, 0.05) is 17.2 Å². The number of nitrogens with two attached hydrogens (primary N) is 1. The van der Waals surface area contributed by atoms with Crippen LogP contribution >= 0.6 is 11.8 Å². The fraction of sp³-hybridized carbons (Fsp3) is 0.154. The summed E-state index contributed by atoms with van der Waals surface area (Å²) in [4.78, 5) is 20.1. The second-order valence-electron chi connectivity index (χ2n) is 3.74. The topological polar surface area (TPSA) is 80.9 Å². The van der Waals surface area contributed by atoms with Crippen molar-refractivity contribution in [2.24, 2.45) is 5.73 Å². The Morgan fingerprint density at radius 1 is 1.26 bits per heavy atom. The average Bonchev–Trinajstić information content (AvgIpc) is 2.45. The molecule has 0 aliphatic rings. The number of rotatable bonds is 6. The SMILES string of the molecule is NC(=O)c1cncc(NCCSc2ccccc2)n1. The molecule has 0 bridgehead atoms. The highest BCUT2D eigenvalue weighted by Crippen LogP contribution is 2.16. The highest BCUT2D eigenvalue weighted by molar-refractivity contribution is 7.99. The van der Waals surface area contributed by atoms with E-state index in [1.54, 1.807) is 18.0 Å². The van der Waals surface area contributed by atoms with Crippen molar-refractivity contribution in [3.8, 4) is 0 Å². The Bertz CT molecular complexity index is 547. The molecule has 0 saturated carbocycles. The van der Waals surface area contributed by atoms with Crippen molar-refractivity contribution >= 4 is 23.5 Å². The number of thioether (sulfide) groups is 1. The summed E-state index contributed by atoms with van der Waals surface area (Å²) < 4.78 is 0. The molecular formula is C13H14N4OS. The average molecular weight is 274 g/mol. The molecule has 3 N–H and O–H groups in total. The molecule has 1 heterocycles. The summed E-state index contributed by atoms with van der Waals surface area (Å²) in [5.41, 5.74) is 5.31. The van der Waals surface area contributed by atoms with E-state index < -0.39 is 5.91 Å². The van der Waals surface area contributed by atoms with Crippen LogP contribution in [-0.4, -0.2) is 28.2 Å². The molecule has 1 aromatic heterocycles. The van der Waals surface area contributed by atoms with E-state index in [1.165, 1.54) is 11.1 Å². The van der Waals surface area contributed by atoms with Gasteiger partial charge in [0.2, 0.25) is 0 Å². The zero-order valence-corrected chi connectivity index (χ0v) is 11.1. The Morgan fingerprint density at radius 2 is 2.05 bits per heavy atom. The van der Waals surface area contributed by atoms with Gasteiger partial charge in [0.25, 0.3) is 5.91 Å². The van der Waals surface area contributed by atoms with Gasteiger partial charge < -0.3 is 11.1 Å². The maximum atomic E-state index is 11.0. The number of amides is 1. The van der Waals surface area contributed by atoms with Crippen molar-refractivity contribution < 1.29 is 4.79 Å². The van der Waals surface area contributed by atoms with Gasteiger partial charge in [0.05, 0.1) is 12.4 Å². The molecule has 2 rings (SSSR count). The van der Waals surface area contributed by atoms with Crippen molar-refractivity contribution in [3.05, 3.63) is 48.4 Å². The molecule has 0 unspecified atom stereocenters. The molecule has 19 heavy (non-hydrogen) atoms. The number of carbonyl (C=O) groups is 1. The van der Waals surface area contributed by atoms with Crippen LogP contribution in [0.4, 0.5) is 5.82 Å². The van der Waals surface area contributed by atoms with Crippen LogP contribution in [-0.2, 0) is 0 Å². The number of hydrogen-bond donors (Lipinski definition) is 2. The van der Waals surface area contributed by atoms with E-state index in [2.05, 4.69) is 27.4 Å². The number of nitrogens with zero attached hydrogens (tertiary/aromatic N) is 2. The Balaban J connectivity index is 1.80. The highest BCUT2D eigenvalue weighted by atomic mass is 32.2. The Hall–Kier alpha value is -2.08. The molecule has 2 aromatic rings. The van der Waals surface area contributed by atoms with E-state index >= 15 is 0 Å². The van der Waals surface area contributed by atoms with Crippen LogP contribution in [0.2, 0.25) is 0 Å². The van der Waals surface area contributed by atoms with Crippen molar-refractivity contribution in [2.75, 3.05) is 17.6 Å². The third kappa shape index (κ3) is 4.26. The van der Waals surface area contributed by atoms with Gasteiger partial charge in [0.15, 0.2) is 0 Å². The van der Waals surface area contributed by atoms with Crippen LogP contribution in [0.1, 0.15) is 10.5 Å². The van der Waals surface area contributed by atoms with Gasteiger partial charge in [-0.2, -0.15) is 0 Å². The first kappa shape index (κ1) is 13.4. The fourth-order valence-electron chi connectivity index (χ4n) is 1.43. The van der Waals surface area contributed by atoms with Crippen LogP contribution < -0.4 is 11.1 Å². The Kier molecular flexibility index (Phi) is 4.74. The Labute approximate surface area is 115 Å². The Morgan fingerprint density at radius 3 is 2.79 bits per heavy atom. The van der Waals surface area contributed by atoms with Crippen molar-refractivity contribution in [3.63, 3.8) is 0 Å². The highest BCUT2D eigenvalue weighted by Gasteiger charge is 2.03. The summed E-state index contributed by atoms with van der Waals surface area (Å²) in [6.45, 7) is 0.733. The zero-order valence-electron chi connectivity index (χ0n) is 10.2. The lowest BCUT2D eigenvalue weighted by molar-refractivity contribution is 0.0995. The normalized spacial score (nSPS) is 10.1. The summed E-state index contributed by atoms with van der Waals surface area (Å²) in [6.07, 6.45) is 2.92. The number of hydrogen-bond acceptors (Lipinski definition) is 5. The molecule has 5 nitrogen and oxygen atoms in total. The van der Waals surface area contributed by atoms with E-state index in [9.17, 15) is 4.79 Å². The van der Waals surface area contributed by atoms with Crippen LogP contribution in [0.5, 0.6) is 0 Å². The molecule has 0 aliphatic heterocycles. The standard InChI is InChI=1S/C13H14N4OS/c14-13(18)11-8-15-9-12(17-11)16-6-7-19-10-4-2-1-3-5-10/h1-5,8-9H,6-7H2,(H2,14,18)(H,16,17). The van der Waals surface area contributed by atoms with E-state index in [0.717, 1.165) is 12.3 Å². The molecule has 0 atom stereocenters. The zero-order chi connectivity index (χ0) is 13.5. The molecular weight excluding hydrogens is 260 g/mol. The first-order valence-electron chi connectivity index (χ1n) is 5.79. The smallest absolute Gasteiger partial charge is 0.268 e. The molecule has 98 valence electrons. The lowest BCUT2D eigenvalue weighted by Crippen LogP contribution is -2.15. The quantitative estimate of drug-likeness (QED) is 0.620. The number of anilines is 1. The second kappa shape index (κ2) is 6.75. The number of benzene rings is 1. The predicted octanol–water partition coefficient (Wildman–Crippen LogP) is 1.78. The summed E-state index contributed by atoms with van der Waals surface area (Å²) in [7, 11) is 0. The molecule has 1 aromatic carbocycles. The van der Waals surface area contributed by atoms with Gasteiger partial charge >= 0.3 is 0 Å². The van der Waals surface area contributed by atoms with E-state index in [-0.39, 0.29) is 5.69 Å². The molecule has 0 fully saturated rings. The first-order chi connectivity index (χ1) is 9.25. The molecule has 6 heteroatoms. The minimum Gasteiger partial charge on any atom is -0.368 e. The largest absolute Gasteiger partial charge is 0.368 e. The lowest BCUT2D eigenvalue weighted by atomic mass is 10.4. The molecule has 0 radical (unpaired) electrons. The summed E-state index contributed by atoms with van der Waals surface area (Å²) in [6, 6.07) is 10.2. The summed E-state index contributed by atoms with van der Waals surface area (Å²) >= 11 is 1.75. The van der Waals surface area contributed by atoms with Crippen LogP contribution in [0.15, 0.2) is 47.6 Å². The molecule has 0 spiro atoms. The van der Waals surface area contributed by atoms with E-state index in [4.69, 9.17) is 5.73 Å². The first-order valence-corrected chi connectivity index (χ1v) is 6.78. The minimum atomic E-state index is -0.574. The number of primary amides is 1. The maximum Gasteiger partial charge on any atom is 0.268 e. The lowest BCUT2D eigenvalue weighted by Gasteiger charge is -2.05. The number of aromatic nitrogens is 2. The molecule has 0 saturated heterocycles. The van der Waals surface area contributed by atoms with Gasteiger partial charge in [-0.1, -0.05) is 18.2 Å². The third-order valence-corrected chi connectivity index (χ3v) is 3.32. The van der Waals surface area contributed by atoms with Crippen molar-refractivity contribution in [2.45, 2.75) is 4.90 Å². The molecule has 0 aliphatic carbocycles. The van der Waals surface area contributed by atoms with Gasteiger partial charge in [-0.3, -0.25) is 9.78 Å². The second-order valence-corrected chi connectivity index (χ2v) is 4.91. The maximum absolute atomic E-state index is 11.0. The third-order valence-electron chi connectivity index (χ3n) is 2.31. The van der Waals surface area contributed by atoms with Gasteiger partial charge in [-0.05, 0) is 12.1 Å². The van der Waals surface area contributed by atoms with Crippen LogP contribution in [0.3, 0.4) is 0 Å². The van der Waals surface area contributed by atoms with Crippen molar-refractivity contribution in [1.29, 1.82) is 0 Å². The molecule has 1 amide bonds. The van der Waals surface area contributed by atoms with E-state index in [1.807, 2.05) is 18.2 Å². The minimum absolute atomic E-state index is 0.167. The number of nitrogens with one attached hydrogen (secondary N) is 1. The summed E-state index contributed by atoms with van der Waals surface area (Å²) in [5, 5.41) is 3.11. The van der Waals surface area contributed by atoms with E-state index in [0.29, 0.717) is 5.82 Å². The van der Waals surface area contributed by atoms with Crippen LogP contribution in [0.25, 0.3) is 0 Å². The predicted molar refractivity (Wildman–Crippen MR) is 76.2 cm³/mol. The number of carbonyl (C=O) groups excluding carboxylic acids is 1. The van der Waals surface area contributed by atoms with Crippen molar-refractivity contribution in [1.82, 2.24) is 9.97 Å². The summed E-state index contributed by atoms with van der Waals surface area (Å²) in [5.74, 6) is 0.881. The van der Waals surface area contributed by atoms with Gasteiger partial charge in [-0.25, -0.2) is 4.98 Å². The monoisotopic (exact) mass is 274 g/mol. The van der Waals surface area contributed by atoms with Crippen LogP contribution in [0, 0.1) is 0 Å². The fourth-order valence-corrected chi connectivity index (χ4v) is 2.22. The van der Waals surface area contributed by atoms with Gasteiger partial charge in [0.1, 0.15) is 11.5 Å². The van der Waals surface area contributed by atoms with Gasteiger partial charge in [-0.15, -0.1) is 11.8 Å².